The molecule has 0 spiro atoms. The molecular weight excluding hydrogens is 428 g/mol. The molecule has 4 aromatic rings. The number of hydrogen-bond donors (Lipinski definition) is 2. The van der Waals surface area contributed by atoms with Gasteiger partial charge in [0.1, 0.15) is 35.5 Å². The lowest BCUT2D eigenvalue weighted by atomic mass is 10.1. The van der Waals surface area contributed by atoms with E-state index in [4.69, 9.17) is 11.6 Å². The Bertz CT molecular complexity index is 1320. The monoisotopic (exact) mass is 446 g/mol. The predicted molar refractivity (Wildman–Crippen MR) is 121 cm³/mol. The number of aromatic nitrogens is 5. The maximum absolute atomic E-state index is 9.73. The number of nitrogens with zero attached hydrogens (tertiary/aromatic N) is 7. The fourth-order valence-corrected chi connectivity index (χ4v) is 4.06. The maximum Gasteiger partial charge on any atom is 0.137 e. The molecule has 0 saturated carbocycles. The van der Waals surface area contributed by atoms with Gasteiger partial charge in [0.2, 0.25) is 0 Å². The summed E-state index contributed by atoms with van der Waals surface area (Å²) in [6.45, 7) is 1.50. The average Bonchev–Trinajstić information content (AvgIpc) is 3.22. The van der Waals surface area contributed by atoms with E-state index in [0.29, 0.717) is 27.9 Å². The summed E-state index contributed by atoms with van der Waals surface area (Å²) in [6, 6.07) is 11.0. The van der Waals surface area contributed by atoms with Crippen LogP contribution in [0.15, 0.2) is 49.1 Å². The van der Waals surface area contributed by atoms with Crippen LogP contribution in [0.5, 0.6) is 0 Å². The molecule has 0 amide bonds. The van der Waals surface area contributed by atoms with Crippen molar-refractivity contribution < 1.29 is 5.11 Å². The lowest BCUT2D eigenvalue weighted by Crippen LogP contribution is -2.36. The van der Waals surface area contributed by atoms with Crippen LogP contribution >= 0.6 is 11.6 Å². The SMILES string of the molecule is N#Cc1cccc(Cl)c1-n1ncc2cnc(Nc3cc(N4CCC(O)CC4)ncn3)cc21. The first-order valence-electron chi connectivity index (χ1n) is 10.2. The molecule has 10 heteroatoms. The Balaban J connectivity index is 1.46. The zero-order valence-corrected chi connectivity index (χ0v) is 17.7. The molecule has 0 atom stereocenters. The van der Waals surface area contributed by atoms with Crippen LogP contribution in [0.4, 0.5) is 17.5 Å². The van der Waals surface area contributed by atoms with Gasteiger partial charge >= 0.3 is 0 Å². The van der Waals surface area contributed by atoms with E-state index in [0.717, 1.165) is 42.7 Å². The lowest BCUT2D eigenvalue weighted by molar-refractivity contribution is 0.145. The van der Waals surface area contributed by atoms with Gasteiger partial charge < -0.3 is 15.3 Å². The quantitative estimate of drug-likeness (QED) is 0.489. The van der Waals surface area contributed by atoms with Crippen molar-refractivity contribution in [2.75, 3.05) is 23.3 Å². The smallest absolute Gasteiger partial charge is 0.137 e. The molecule has 1 saturated heterocycles. The van der Waals surface area contributed by atoms with Crippen molar-refractivity contribution in [2.45, 2.75) is 18.9 Å². The topological polar surface area (TPSA) is 116 Å². The van der Waals surface area contributed by atoms with Crippen LogP contribution in [0.3, 0.4) is 0 Å². The second kappa shape index (κ2) is 8.42. The van der Waals surface area contributed by atoms with Crippen LogP contribution in [0.1, 0.15) is 18.4 Å². The predicted octanol–water partition coefficient (Wildman–Crippen LogP) is 3.44. The number of piperidine rings is 1. The Morgan fingerprint density at radius 2 is 1.91 bits per heavy atom. The molecule has 3 aromatic heterocycles. The van der Waals surface area contributed by atoms with Crippen molar-refractivity contribution in [2.24, 2.45) is 0 Å². The molecule has 0 radical (unpaired) electrons. The Hall–Kier alpha value is -3.74. The van der Waals surface area contributed by atoms with Crippen molar-refractivity contribution in [3.8, 4) is 11.8 Å². The van der Waals surface area contributed by atoms with Crippen molar-refractivity contribution >= 4 is 40.0 Å². The first kappa shape index (κ1) is 20.2. The maximum atomic E-state index is 9.73. The molecule has 0 bridgehead atoms. The first-order valence-corrected chi connectivity index (χ1v) is 10.5. The minimum Gasteiger partial charge on any atom is -0.393 e. The molecule has 5 rings (SSSR count). The zero-order chi connectivity index (χ0) is 22.1. The van der Waals surface area contributed by atoms with E-state index in [1.165, 1.54) is 6.33 Å². The average molecular weight is 447 g/mol. The lowest BCUT2D eigenvalue weighted by Gasteiger charge is -2.30. The number of halogens is 1. The summed E-state index contributed by atoms with van der Waals surface area (Å²) >= 11 is 6.39. The van der Waals surface area contributed by atoms with Crippen LogP contribution in [0, 0.1) is 11.3 Å². The third kappa shape index (κ3) is 3.82. The highest BCUT2D eigenvalue weighted by molar-refractivity contribution is 6.32. The van der Waals surface area contributed by atoms with Gasteiger partial charge in [-0.05, 0) is 25.0 Å². The number of nitrogens with one attached hydrogen (secondary N) is 1. The normalized spacial score (nSPS) is 14.5. The van der Waals surface area contributed by atoms with E-state index >= 15 is 0 Å². The highest BCUT2D eigenvalue weighted by Crippen LogP contribution is 2.29. The molecule has 1 aliphatic heterocycles. The Morgan fingerprint density at radius 1 is 1.09 bits per heavy atom. The molecule has 2 N–H and O–H groups in total. The highest BCUT2D eigenvalue weighted by atomic mass is 35.5. The van der Waals surface area contributed by atoms with Gasteiger partial charge in [-0.1, -0.05) is 17.7 Å². The fourth-order valence-electron chi connectivity index (χ4n) is 3.80. The van der Waals surface area contributed by atoms with E-state index in [1.807, 2.05) is 12.1 Å². The summed E-state index contributed by atoms with van der Waals surface area (Å²) in [5.41, 5.74) is 1.72. The number of hydrogen-bond acceptors (Lipinski definition) is 8. The van der Waals surface area contributed by atoms with Gasteiger partial charge in [-0.25, -0.2) is 19.6 Å². The number of nitriles is 1. The molecular formula is C22H19ClN8O. The van der Waals surface area contributed by atoms with Crippen molar-refractivity contribution in [3.63, 3.8) is 0 Å². The van der Waals surface area contributed by atoms with E-state index in [-0.39, 0.29) is 6.10 Å². The summed E-state index contributed by atoms with van der Waals surface area (Å²) in [7, 11) is 0. The van der Waals surface area contributed by atoms with Gasteiger partial charge in [-0.3, -0.25) is 0 Å². The van der Waals surface area contributed by atoms with E-state index in [1.54, 1.807) is 35.3 Å². The van der Waals surface area contributed by atoms with E-state index in [9.17, 15) is 10.4 Å². The summed E-state index contributed by atoms with van der Waals surface area (Å²) in [5.74, 6) is 1.98. The molecule has 160 valence electrons. The van der Waals surface area contributed by atoms with Crippen molar-refractivity contribution in [1.29, 1.82) is 5.26 Å². The number of anilines is 3. The summed E-state index contributed by atoms with van der Waals surface area (Å²) < 4.78 is 1.65. The van der Waals surface area contributed by atoms with Crippen molar-refractivity contribution in [1.82, 2.24) is 24.7 Å². The number of benzene rings is 1. The number of para-hydroxylation sites is 1. The van der Waals surface area contributed by atoms with Crippen molar-refractivity contribution in [3.05, 3.63) is 59.6 Å². The minimum atomic E-state index is -0.244. The number of aliphatic hydroxyl groups excluding tert-OH is 1. The number of aliphatic hydroxyl groups is 1. The Morgan fingerprint density at radius 3 is 2.72 bits per heavy atom. The van der Waals surface area contributed by atoms with E-state index in [2.05, 4.69) is 36.3 Å². The molecule has 1 aliphatic rings. The third-order valence-corrected chi connectivity index (χ3v) is 5.77. The van der Waals surface area contributed by atoms with Gasteiger partial charge in [-0.15, -0.1) is 0 Å². The van der Waals surface area contributed by atoms with Crippen LogP contribution in [0.25, 0.3) is 16.6 Å². The number of rotatable bonds is 4. The van der Waals surface area contributed by atoms with E-state index < -0.39 is 0 Å². The second-order valence-electron chi connectivity index (χ2n) is 7.54. The molecule has 1 aromatic carbocycles. The van der Waals surface area contributed by atoms with Gasteiger partial charge in [-0.2, -0.15) is 10.4 Å². The molecule has 0 aliphatic carbocycles. The first-order chi connectivity index (χ1) is 15.6. The van der Waals surface area contributed by atoms with Crippen LogP contribution < -0.4 is 10.2 Å². The molecule has 0 unspecified atom stereocenters. The van der Waals surface area contributed by atoms with Crippen LogP contribution in [0.2, 0.25) is 5.02 Å². The zero-order valence-electron chi connectivity index (χ0n) is 17.0. The molecule has 32 heavy (non-hydrogen) atoms. The summed E-state index contributed by atoms with van der Waals surface area (Å²) in [6.07, 6.45) is 6.10. The standard InChI is InChI=1S/C22H19ClN8O/c23-17-3-1-2-14(10-24)22(17)31-18-8-19(25-11-15(18)12-28-31)29-20-9-21(27-13-26-20)30-6-4-16(32)5-7-30/h1-3,8-9,11-13,16,32H,4-7H2,(H,25,26,27,29). The Kier molecular flexibility index (Phi) is 5.31. The highest BCUT2D eigenvalue weighted by Gasteiger charge is 2.19. The second-order valence-corrected chi connectivity index (χ2v) is 7.94. The minimum absolute atomic E-state index is 0.244. The van der Waals surface area contributed by atoms with Gasteiger partial charge in [0.25, 0.3) is 0 Å². The molecule has 4 heterocycles. The molecule has 9 nitrogen and oxygen atoms in total. The number of pyridine rings is 1. The molecule has 1 fully saturated rings. The third-order valence-electron chi connectivity index (χ3n) is 5.47. The van der Waals surface area contributed by atoms with Crippen LogP contribution in [-0.2, 0) is 0 Å². The Labute approximate surface area is 188 Å². The van der Waals surface area contributed by atoms with Crippen LogP contribution in [-0.4, -0.2) is 49.0 Å². The van der Waals surface area contributed by atoms with Gasteiger partial charge in [0.05, 0.1) is 28.4 Å². The van der Waals surface area contributed by atoms with Gasteiger partial charge in [0, 0.05) is 36.8 Å². The fraction of sp³-hybridized carbons (Fsp3) is 0.227. The number of fused-ring (bicyclic) bond motifs is 1. The summed E-state index contributed by atoms with van der Waals surface area (Å²) in [5, 5.41) is 28.1. The summed E-state index contributed by atoms with van der Waals surface area (Å²) in [4.78, 5) is 15.3. The van der Waals surface area contributed by atoms with Gasteiger partial charge in [0.15, 0.2) is 0 Å². The largest absolute Gasteiger partial charge is 0.393 e.